The Balaban J connectivity index is 2.03. The van der Waals surface area contributed by atoms with E-state index in [1.165, 1.54) is 4.90 Å². The van der Waals surface area contributed by atoms with Crippen LogP contribution in [0.25, 0.3) is 0 Å². The van der Waals surface area contributed by atoms with Gasteiger partial charge in [0.1, 0.15) is 0 Å². The molecule has 2 rings (SSSR count). The lowest BCUT2D eigenvalue weighted by molar-refractivity contribution is -0.142. The number of likely N-dealkylation sites (tertiary alicyclic amines) is 1. The average molecular weight is 332 g/mol. The number of rotatable bonds is 4. The molecule has 0 bridgehead atoms. The van der Waals surface area contributed by atoms with Crippen molar-refractivity contribution in [1.29, 1.82) is 0 Å². The summed E-state index contributed by atoms with van der Waals surface area (Å²) >= 11 is 0. The molecular weight excluding hydrogens is 308 g/mol. The van der Waals surface area contributed by atoms with Crippen molar-refractivity contribution in [2.45, 2.75) is 26.7 Å². The molecule has 0 radical (unpaired) electrons. The predicted molar refractivity (Wildman–Crippen MR) is 89.4 cm³/mol. The zero-order valence-corrected chi connectivity index (χ0v) is 14.3. The first-order valence-corrected chi connectivity index (χ1v) is 8.04. The van der Waals surface area contributed by atoms with Gasteiger partial charge >= 0.3 is 5.97 Å². The van der Waals surface area contributed by atoms with Crippen molar-refractivity contribution in [3.63, 3.8) is 0 Å². The van der Waals surface area contributed by atoms with Crippen molar-refractivity contribution in [3.05, 3.63) is 35.9 Å². The van der Waals surface area contributed by atoms with Gasteiger partial charge in [0.15, 0.2) is 0 Å². The Labute approximate surface area is 141 Å². The summed E-state index contributed by atoms with van der Waals surface area (Å²) in [5, 5.41) is 12.1. The molecule has 0 aliphatic carbocycles. The van der Waals surface area contributed by atoms with E-state index < -0.39 is 17.3 Å². The Bertz CT molecular complexity index is 622. The van der Waals surface area contributed by atoms with Crippen molar-refractivity contribution < 1.29 is 19.5 Å². The van der Waals surface area contributed by atoms with Crippen molar-refractivity contribution in [3.8, 4) is 0 Å². The standard InChI is InChI=1S/C18H24N2O4/c1-18(2,3)17(24)19-9-15(21)20-10-13(14(11-20)16(22)23)12-7-5-4-6-8-12/h4-8,13-14H,9-11H2,1-3H3,(H,19,24)(H,22,23). The fourth-order valence-electron chi connectivity index (χ4n) is 2.83. The molecule has 2 N–H and O–H groups in total. The van der Waals surface area contributed by atoms with Crippen molar-refractivity contribution in [2.24, 2.45) is 11.3 Å². The molecule has 0 spiro atoms. The first-order chi connectivity index (χ1) is 11.2. The van der Waals surface area contributed by atoms with Gasteiger partial charge in [0.05, 0.1) is 12.5 Å². The molecular formula is C18H24N2O4. The maximum absolute atomic E-state index is 12.3. The second-order valence-electron chi connectivity index (χ2n) is 7.19. The van der Waals surface area contributed by atoms with Crippen molar-refractivity contribution >= 4 is 17.8 Å². The Morgan fingerprint density at radius 3 is 2.33 bits per heavy atom. The molecule has 1 saturated heterocycles. The zero-order chi connectivity index (χ0) is 17.9. The van der Waals surface area contributed by atoms with Crippen LogP contribution >= 0.6 is 0 Å². The van der Waals surface area contributed by atoms with Gasteiger partial charge in [-0.15, -0.1) is 0 Å². The monoisotopic (exact) mass is 332 g/mol. The Morgan fingerprint density at radius 2 is 1.79 bits per heavy atom. The predicted octanol–water partition coefficient (Wildman–Crippen LogP) is 1.48. The van der Waals surface area contributed by atoms with Crippen LogP contribution in [0.3, 0.4) is 0 Å². The largest absolute Gasteiger partial charge is 0.481 e. The van der Waals surface area contributed by atoms with E-state index in [1.807, 2.05) is 30.3 Å². The number of carbonyl (C=O) groups is 3. The van der Waals surface area contributed by atoms with Gasteiger partial charge in [-0.25, -0.2) is 0 Å². The van der Waals surface area contributed by atoms with Crippen LogP contribution in [0.15, 0.2) is 30.3 Å². The average Bonchev–Trinajstić information content (AvgIpc) is 2.97. The highest BCUT2D eigenvalue weighted by molar-refractivity contribution is 5.88. The van der Waals surface area contributed by atoms with E-state index in [1.54, 1.807) is 20.8 Å². The summed E-state index contributed by atoms with van der Waals surface area (Å²) in [6.45, 7) is 5.73. The summed E-state index contributed by atoms with van der Waals surface area (Å²) in [5.41, 5.74) is 0.348. The molecule has 1 fully saturated rings. The molecule has 0 aromatic heterocycles. The third-order valence-corrected chi connectivity index (χ3v) is 4.30. The highest BCUT2D eigenvalue weighted by atomic mass is 16.4. The van der Waals surface area contributed by atoms with E-state index in [9.17, 15) is 19.5 Å². The number of aliphatic carboxylic acids is 1. The van der Waals surface area contributed by atoms with E-state index in [0.717, 1.165) is 5.56 Å². The highest BCUT2D eigenvalue weighted by Gasteiger charge is 2.40. The summed E-state index contributed by atoms with van der Waals surface area (Å²) in [6, 6.07) is 9.37. The molecule has 24 heavy (non-hydrogen) atoms. The number of amides is 2. The van der Waals surface area contributed by atoms with Crippen LogP contribution in [-0.4, -0.2) is 47.4 Å². The number of nitrogens with zero attached hydrogens (tertiary/aromatic N) is 1. The number of benzene rings is 1. The molecule has 0 saturated carbocycles. The summed E-state index contributed by atoms with van der Waals surface area (Å²) in [5.74, 6) is -2.22. The summed E-state index contributed by atoms with van der Waals surface area (Å²) in [4.78, 5) is 37.3. The summed E-state index contributed by atoms with van der Waals surface area (Å²) in [6.07, 6.45) is 0. The van der Waals surface area contributed by atoms with Gasteiger partial charge in [-0.2, -0.15) is 0 Å². The molecule has 1 heterocycles. The van der Waals surface area contributed by atoms with E-state index in [0.29, 0.717) is 6.54 Å². The van der Waals surface area contributed by atoms with Gasteiger partial charge < -0.3 is 15.3 Å². The van der Waals surface area contributed by atoms with Crippen LogP contribution in [0, 0.1) is 11.3 Å². The van der Waals surface area contributed by atoms with Gasteiger partial charge in [-0.3, -0.25) is 14.4 Å². The molecule has 1 aliphatic rings. The van der Waals surface area contributed by atoms with Gasteiger partial charge in [-0.1, -0.05) is 51.1 Å². The lowest BCUT2D eigenvalue weighted by atomic mass is 9.89. The van der Waals surface area contributed by atoms with Crippen LogP contribution in [0.5, 0.6) is 0 Å². The smallest absolute Gasteiger partial charge is 0.308 e. The third kappa shape index (κ3) is 4.13. The topological polar surface area (TPSA) is 86.7 Å². The maximum Gasteiger partial charge on any atom is 0.308 e. The van der Waals surface area contributed by atoms with Crippen LogP contribution in [0.1, 0.15) is 32.3 Å². The lowest BCUT2D eigenvalue weighted by Crippen LogP contribution is -2.43. The van der Waals surface area contributed by atoms with Crippen molar-refractivity contribution in [2.75, 3.05) is 19.6 Å². The van der Waals surface area contributed by atoms with Crippen LogP contribution in [-0.2, 0) is 14.4 Å². The molecule has 6 nitrogen and oxygen atoms in total. The number of hydrogen-bond acceptors (Lipinski definition) is 3. The van der Waals surface area contributed by atoms with E-state index in [-0.39, 0.29) is 30.8 Å². The van der Waals surface area contributed by atoms with Crippen LogP contribution in [0.2, 0.25) is 0 Å². The van der Waals surface area contributed by atoms with E-state index >= 15 is 0 Å². The van der Waals surface area contributed by atoms with Crippen LogP contribution in [0.4, 0.5) is 0 Å². The minimum absolute atomic E-state index is 0.107. The molecule has 1 aromatic carbocycles. The first kappa shape index (κ1) is 18.0. The van der Waals surface area contributed by atoms with Gasteiger partial charge in [0, 0.05) is 24.4 Å². The molecule has 2 amide bonds. The van der Waals surface area contributed by atoms with Crippen LogP contribution < -0.4 is 5.32 Å². The molecule has 130 valence electrons. The highest BCUT2D eigenvalue weighted by Crippen LogP contribution is 2.32. The SMILES string of the molecule is CC(C)(C)C(=O)NCC(=O)N1CC(C(=O)O)C(c2ccccc2)C1. The van der Waals surface area contributed by atoms with Gasteiger partial charge in [-0.05, 0) is 5.56 Å². The van der Waals surface area contributed by atoms with E-state index in [2.05, 4.69) is 5.32 Å². The minimum Gasteiger partial charge on any atom is -0.481 e. The number of carboxylic acid groups (broad SMARTS) is 1. The molecule has 1 aliphatic heterocycles. The maximum atomic E-state index is 12.3. The van der Waals surface area contributed by atoms with E-state index in [4.69, 9.17) is 0 Å². The van der Waals surface area contributed by atoms with Gasteiger partial charge in [0.2, 0.25) is 11.8 Å². The lowest BCUT2D eigenvalue weighted by Gasteiger charge is -2.20. The summed E-state index contributed by atoms with van der Waals surface area (Å²) in [7, 11) is 0. The third-order valence-electron chi connectivity index (χ3n) is 4.30. The number of nitrogens with one attached hydrogen (secondary N) is 1. The number of hydrogen-bond donors (Lipinski definition) is 2. The van der Waals surface area contributed by atoms with Gasteiger partial charge in [0.25, 0.3) is 0 Å². The molecule has 2 unspecified atom stereocenters. The first-order valence-electron chi connectivity index (χ1n) is 8.04. The Morgan fingerprint density at radius 1 is 1.17 bits per heavy atom. The quantitative estimate of drug-likeness (QED) is 0.874. The normalized spacial score (nSPS) is 20.7. The second kappa shape index (κ2) is 7.03. The minimum atomic E-state index is -0.905. The fraction of sp³-hybridized carbons (Fsp3) is 0.500. The molecule has 2 atom stereocenters. The Kier molecular flexibility index (Phi) is 5.26. The number of carbonyl (C=O) groups excluding carboxylic acids is 2. The summed E-state index contributed by atoms with van der Waals surface area (Å²) < 4.78 is 0. The molecule has 6 heteroatoms. The second-order valence-corrected chi connectivity index (χ2v) is 7.19. The fourth-order valence-corrected chi connectivity index (χ4v) is 2.83. The Hall–Kier alpha value is -2.37. The number of carboxylic acids is 1. The van der Waals surface area contributed by atoms with Crippen molar-refractivity contribution in [1.82, 2.24) is 10.2 Å². The molecule has 1 aromatic rings. The zero-order valence-electron chi connectivity index (χ0n) is 14.3.